The number of amides is 1. The molecule has 0 bridgehead atoms. The second kappa shape index (κ2) is 12.6. The van der Waals surface area contributed by atoms with Crippen molar-refractivity contribution in [2.24, 2.45) is 4.99 Å². The lowest BCUT2D eigenvalue weighted by atomic mass is 9.94. The molecule has 2 aromatic rings. The van der Waals surface area contributed by atoms with Gasteiger partial charge in [0.25, 0.3) is 5.91 Å². The van der Waals surface area contributed by atoms with Crippen molar-refractivity contribution in [3.63, 3.8) is 0 Å². The zero-order valence-corrected chi connectivity index (χ0v) is 21.4. The van der Waals surface area contributed by atoms with Gasteiger partial charge in [-0.2, -0.15) is 0 Å². The molecule has 0 spiro atoms. The molecule has 0 radical (unpaired) electrons. The van der Waals surface area contributed by atoms with Crippen molar-refractivity contribution in [1.82, 2.24) is 10.9 Å². The third-order valence-corrected chi connectivity index (χ3v) is 5.43. The Balaban J connectivity index is 1.72. The first-order chi connectivity index (χ1) is 17.6. The fourth-order valence-corrected chi connectivity index (χ4v) is 3.55. The summed E-state index contributed by atoms with van der Waals surface area (Å²) in [5.41, 5.74) is 4.92. The summed E-state index contributed by atoms with van der Waals surface area (Å²) in [6, 6.07) is 12.9. The number of carbonyl (C=O) groups excluding carboxylic acids is 2. The predicted octanol–water partition coefficient (Wildman–Crippen LogP) is 3.05. The average Bonchev–Trinajstić information content (AvgIpc) is 3.29. The molecule has 0 unspecified atom stereocenters. The smallest absolute Gasteiger partial charge is 0.306 e. The summed E-state index contributed by atoms with van der Waals surface area (Å²) in [6.45, 7) is 5.99. The van der Waals surface area contributed by atoms with Gasteiger partial charge in [0.05, 0.1) is 6.61 Å². The Morgan fingerprint density at radius 1 is 1.14 bits per heavy atom. The zero-order valence-electron chi connectivity index (χ0n) is 21.4. The first-order valence-electron chi connectivity index (χ1n) is 12.2. The molecule has 3 rings (SSSR count). The number of carbonyl (C=O) groups is 2. The number of hydrogen-bond acceptors (Lipinski definition) is 8. The largest absolute Gasteiger partial charge is 0.494 e. The van der Waals surface area contributed by atoms with Crippen LogP contribution < -0.4 is 15.6 Å². The Labute approximate surface area is 216 Å². The van der Waals surface area contributed by atoms with E-state index in [1.54, 1.807) is 57.2 Å². The van der Waals surface area contributed by atoms with Crippen molar-refractivity contribution in [3.05, 3.63) is 65.5 Å². The minimum absolute atomic E-state index is 0.0274. The number of benzene rings is 2. The molecular formula is C27H34FN3O6. The number of nitrogens with one attached hydrogen (secondary N) is 2. The molecule has 0 saturated carbocycles. The number of aliphatic hydroxyl groups excluding tert-OH is 1. The van der Waals surface area contributed by atoms with Crippen LogP contribution in [0.25, 0.3) is 0 Å². The van der Waals surface area contributed by atoms with Gasteiger partial charge in [0.15, 0.2) is 5.54 Å². The molecule has 10 heteroatoms. The van der Waals surface area contributed by atoms with Gasteiger partial charge in [-0.3, -0.25) is 15.0 Å². The van der Waals surface area contributed by atoms with Gasteiger partial charge < -0.3 is 19.3 Å². The SMILES string of the molecule is CC(C)(C)OC(=O)CC[C@@]1(C(=O)NNCc2ccc(F)cc2)COC(c2ccc(OCCCO)cc2)=N1. The van der Waals surface area contributed by atoms with Crippen LogP contribution in [0, 0.1) is 5.82 Å². The molecule has 0 saturated heterocycles. The van der Waals surface area contributed by atoms with E-state index in [-0.39, 0.29) is 44.3 Å². The van der Waals surface area contributed by atoms with Crippen LogP contribution in [0.1, 0.15) is 51.2 Å². The van der Waals surface area contributed by atoms with E-state index < -0.39 is 23.0 Å². The van der Waals surface area contributed by atoms with Gasteiger partial charge in [-0.05, 0) is 69.2 Å². The minimum Gasteiger partial charge on any atom is -0.494 e. The van der Waals surface area contributed by atoms with E-state index in [0.717, 1.165) is 5.56 Å². The number of aliphatic hydroxyl groups is 1. The topological polar surface area (TPSA) is 118 Å². The highest BCUT2D eigenvalue weighted by molar-refractivity contribution is 6.00. The number of rotatable bonds is 12. The number of nitrogens with zero attached hydrogens (tertiary/aromatic N) is 1. The molecule has 0 fully saturated rings. The normalized spacial score (nSPS) is 17.1. The van der Waals surface area contributed by atoms with Gasteiger partial charge in [-0.1, -0.05) is 12.1 Å². The number of esters is 1. The monoisotopic (exact) mass is 515 g/mol. The first-order valence-corrected chi connectivity index (χ1v) is 12.2. The molecule has 0 aromatic heterocycles. The highest BCUT2D eigenvalue weighted by atomic mass is 19.1. The number of halogens is 1. The molecule has 37 heavy (non-hydrogen) atoms. The van der Waals surface area contributed by atoms with Crippen LogP contribution >= 0.6 is 0 Å². The van der Waals surface area contributed by atoms with Crippen molar-refractivity contribution in [3.8, 4) is 5.75 Å². The fourth-order valence-electron chi connectivity index (χ4n) is 3.55. The van der Waals surface area contributed by atoms with Crippen LogP contribution in [0.3, 0.4) is 0 Å². The summed E-state index contributed by atoms with van der Waals surface area (Å²) in [4.78, 5) is 30.3. The van der Waals surface area contributed by atoms with Crippen LogP contribution in [-0.4, -0.2) is 53.8 Å². The van der Waals surface area contributed by atoms with Gasteiger partial charge in [-0.25, -0.2) is 14.8 Å². The van der Waals surface area contributed by atoms with E-state index in [1.807, 2.05) is 0 Å². The lowest BCUT2D eigenvalue weighted by Crippen LogP contribution is -2.51. The molecule has 3 N–H and O–H groups in total. The van der Waals surface area contributed by atoms with Gasteiger partial charge in [0.2, 0.25) is 5.90 Å². The van der Waals surface area contributed by atoms with Crippen molar-refractivity contribution in [2.75, 3.05) is 19.8 Å². The average molecular weight is 516 g/mol. The molecule has 9 nitrogen and oxygen atoms in total. The highest BCUT2D eigenvalue weighted by Gasteiger charge is 2.45. The molecule has 1 aliphatic heterocycles. The summed E-state index contributed by atoms with van der Waals surface area (Å²) in [5, 5.41) is 8.89. The maximum Gasteiger partial charge on any atom is 0.306 e. The quantitative estimate of drug-likeness (QED) is 0.226. The third-order valence-electron chi connectivity index (χ3n) is 5.43. The molecule has 2 aromatic carbocycles. The second-order valence-corrected chi connectivity index (χ2v) is 9.71. The highest BCUT2D eigenvalue weighted by Crippen LogP contribution is 2.28. The minimum atomic E-state index is -1.35. The van der Waals surface area contributed by atoms with Gasteiger partial charge in [0.1, 0.15) is 23.8 Å². The van der Waals surface area contributed by atoms with Gasteiger partial charge in [-0.15, -0.1) is 0 Å². The van der Waals surface area contributed by atoms with Crippen LogP contribution in [0.15, 0.2) is 53.5 Å². The predicted molar refractivity (Wildman–Crippen MR) is 135 cm³/mol. The number of hydrogen-bond donors (Lipinski definition) is 3. The van der Waals surface area contributed by atoms with Crippen LogP contribution in [0.5, 0.6) is 5.75 Å². The lowest BCUT2D eigenvalue weighted by molar-refractivity contribution is -0.155. The van der Waals surface area contributed by atoms with Gasteiger partial charge in [0, 0.05) is 31.6 Å². The summed E-state index contributed by atoms with van der Waals surface area (Å²) in [6.07, 6.45) is 0.584. The van der Waals surface area contributed by atoms with Gasteiger partial charge >= 0.3 is 5.97 Å². The summed E-state index contributed by atoms with van der Waals surface area (Å²) in [5.74, 6) is -0.331. The Morgan fingerprint density at radius 2 is 1.84 bits per heavy atom. The van der Waals surface area contributed by atoms with Crippen molar-refractivity contribution >= 4 is 17.8 Å². The molecule has 1 atom stereocenters. The van der Waals surface area contributed by atoms with Crippen LogP contribution in [-0.2, 0) is 25.6 Å². The maximum atomic E-state index is 13.3. The maximum absolute atomic E-state index is 13.3. The number of ether oxygens (including phenoxy) is 3. The number of aliphatic imine (C=N–C) groups is 1. The molecular weight excluding hydrogens is 481 g/mol. The van der Waals surface area contributed by atoms with Crippen molar-refractivity contribution in [1.29, 1.82) is 0 Å². The Morgan fingerprint density at radius 3 is 2.49 bits per heavy atom. The molecule has 200 valence electrons. The van der Waals surface area contributed by atoms with Crippen LogP contribution in [0.4, 0.5) is 4.39 Å². The van der Waals surface area contributed by atoms with E-state index in [1.165, 1.54) is 12.1 Å². The number of hydrazine groups is 1. The standard InChI is InChI=1S/C27H34FN3O6/c1-26(2,3)37-23(33)13-14-27(25(34)31-29-17-19-5-9-21(28)10-6-19)18-36-24(30-27)20-7-11-22(12-8-20)35-16-4-15-32/h5-12,29,32H,4,13-18H2,1-3H3,(H,31,34)/t27-/m0/s1. The van der Waals surface area contributed by atoms with Crippen molar-refractivity contribution < 1.29 is 33.3 Å². The summed E-state index contributed by atoms with van der Waals surface area (Å²) >= 11 is 0. The van der Waals surface area contributed by atoms with Crippen LogP contribution in [0.2, 0.25) is 0 Å². The summed E-state index contributed by atoms with van der Waals surface area (Å²) < 4.78 is 29.9. The molecule has 1 heterocycles. The Kier molecular flexibility index (Phi) is 9.60. The van der Waals surface area contributed by atoms with E-state index in [9.17, 15) is 14.0 Å². The van der Waals surface area contributed by atoms with E-state index in [4.69, 9.17) is 19.3 Å². The fraction of sp³-hybridized carbons (Fsp3) is 0.444. The molecule has 1 amide bonds. The zero-order chi connectivity index (χ0) is 26.9. The molecule has 0 aliphatic carbocycles. The molecule has 1 aliphatic rings. The third kappa shape index (κ3) is 8.54. The van der Waals surface area contributed by atoms with E-state index >= 15 is 0 Å². The van der Waals surface area contributed by atoms with E-state index in [0.29, 0.717) is 24.3 Å². The summed E-state index contributed by atoms with van der Waals surface area (Å²) in [7, 11) is 0. The van der Waals surface area contributed by atoms with Crippen molar-refractivity contribution in [2.45, 2.75) is 57.7 Å². The second-order valence-electron chi connectivity index (χ2n) is 9.71. The Bertz CT molecular complexity index is 1080. The lowest BCUT2D eigenvalue weighted by Gasteiger charge is -2.24. The van der Waals surface area contributed by atoms with E-state index in [2.05, 4.69) is 15.8 Å². The Hall–Kier alpha value is -3.50. The first kappa shape index (κ1) is 28.1.